The van der Waals surface area contributed by atoms with E-state index in [4.69, 9.17) is 9.47 Å². The Labute approximate surface area is 250 Å². The van der Waals surface area contributed by atoms with E-state index in [2.05, 4.69) is 10.6 Å². The number of fused-ring (bicyclic) bond motifs is 1. The minimum Gasteiger partial charge on any atom is -0.433 e. The second-order valence-electron chi connectivity index (χ2n) is 10.6. The number of nitrogens with zero attached hydrogens (tertiary/aromatic N) is 2. The van der Waals surface area contributed by atoms with Gasteiger partial charge in [0.05, 0.1) is 30.9 Å². The number of esters is 1. The van der Waals surface area contributed by atoms with E-state index in [0.29, 0.717) is 16.9 Å². The van der Waals surface area contributed by atoms with Crippen LogP contribution in [0.2, 0.25) is 0 Å². The van der Waals surface area contributed by atoms with Gasteiger partial charge >= 0.3 is 5.97 Å². The van der Waals surface area contributed by atoms with Crippen LogP contribution in [0.25, 0.3) is 0 Å². The lowest BCUT2D eigenvalue weighted by atomic mass is 10.1. The molecule has 2 aromatic carbocycles. The first kappa shape index (κ1) is 31.2. The summed E-state index contributed by atoms with van der Waals surface area (Å²) < 4.78 is 11.1. The van der Waals surface area contributed by atoms with Crippen LogP contribution in [-0.4, -0.2) is 61.1 Å². The molecule has 4 rings (SSSR count). The predicted octanol–water partition coefficient (Wildman–Crippen LogP) is 2.76. The van der Waals surface area contributed by atoms with Crippen molar-refractivity contribution in [3.8, 4) is 0 Å². The predicted molar refractivity (Wildman–Crippen MR) is 160 cm³/mol. The largest absolute Gasteiger partial charge is 0.433 e. The number of carbonyl (C=O) groups is 5. The monoisotopic (exact) mass is 588 g/mol. The molecule has 2 aliphatic rings. The van der Waals surface area contributed by atoms with Crippen molar-refractivity contribution in [2.24, 2.45) is 0 Å². The van der Waals surface area contributed by atoms with Crippen molar-refractivity contribution < 1.29 is 33.4 Å². The number of allylic oxidation sites excluding steroid dienone is 2. The summed E-state index contributed by atoms with van der Waals surface area (Å²) in [7, 11) is 0. The number of anilines is 2. The van der Waals surface area contributed by atoms with Gasteiger partial charge < -0.3 is 25.0 Å². The fourth-order valence-electron chi connectivity index (χ4n) is 4.94. The van der Waals surface area contributed by atoms with Gasteiger partial charge in [-0.2, -0.15) is 0 Å². The minimum atomic E-state index is -1.14. The molecular weight excluding hydrogens is 552 g/mol. The standard InChI is InChI=1S/C32H36N4O7/c1-5-23(15-20(2)3)30(40)34-25-17-35(21(4)37)26-13-9-10-14-27(26)36(31(25)41)18-28(38)33-24-16-29(39)43-32(24)42-19-22-11-7-6-8-12-22/h5-15,24-25,32H,16-19H2,1-4H3,(H,33,38)(H,34,40)/b23-5+/t24-,25-,32?/m0/s1. The third-order valence-corrected chi connectivity index (χ3v) is 6.96. The highest BCUT2D eigenvalue weighted by atomic mass is 16.7. The molecule has 1 unspecified atom stereocenters. The highest BCUT2D eigenvalue weighted by Crippen LogP contribution is 2.33. The number of cyclic esters (lactones) is 1. The molecule has 1 saturated heterocycles. The minimum absolute atomic E-state index is 0.0942. The van der Waals surface area contributed by atoms with Crippen molar-refractivity contribution in [2.45, 2.75) is 59.1 Å². The molecule has 0 aromatic heterocycles. The van der Waals surface area contributed by atoms with E-state index in [-0.39, 0.29) is 25.5 Å². The molecule has 0 bridgehead atoms. The molecule has 0 radical (unpaired) electrons. The third-order valence-electron chi connectivity index (χ3n) is 6.96. The molecule has 11 nitrogen and oxygen atoms in total. The summed E-state index contributed by atoms with van der Waals surface area (Å²) in [6, 6.07) is 14.1. The number of benzene rings is 2. The van der Waals surface area contributed by atoms with E-state index in [1.807, 2.05) is 44.2 Å². The van der Waals surface area contributed by atoms with E-state index >= 15 is 0 Å². The molecular formula is C32H36N4O7. The van der Waals surface area contributed by atoms with Gasteiger partial charge in [-0.1, -0.05) is 60.2 Å². The van der Waals surface area contributed by atoms with Crippen molar-refractivity contribution in [3.63, 3.8) is 0 Å². The van der Waals surface area contributed by atoms with Crippen molar-refractivity contribution in [2.75, 3.05) is 22.9 Å². The summed E-state index contributed by atoms with van der Waals surface area (Å²) in [6.45, 7) is 6.40. The van der Waals surface area contributed by atoms with Crippen molar-refractivity contribution >= 4 is 41.0 Å². The lowest BCUT2D eigenvalue weighted by Gasteiger charge is -2.26. The summed E-state index contributed by atoms with van der Waals surface area (Å²) in [6.07, 6.45) is 2.23. The molecule has 11 heteroatoms. The maximum atomic E-state index is 13.9. The number of ether oxygens (including phenoxy) is 2. The Morgan fingerprint density at radius 1 is 0.977 bits per heavy atom. The van der Waals surface area contributed by atoms with Crippen LogP contribution in [0.15, 0.2) is 77.9 Å². The molecule has 226 valence electrons. The van der Waals surface area contributed by atoms with Gasteiger partial charge in [-0.15, -0.1) is 0 Å². The Morgan fingerprint density at radius 2 is 1.65 bits per heavy atom. The first-order chi connectivity index (χ1) is 20.6. The second kappa shape index (κ2) is 13.9. The van der Waals surface area contributed by atoms with Gasteiger partial charge in [0.2, 0.25) is 18.1 Å². The zero-order valence-electron chi connectivity index (χ0n) is 24.7. The Bertz CT molecular complexity index is 1450. The summed E-state index contributed by atoms with van der Waals surface area (Å²) in [5.41, 5.74) is 2.89. The van der Waals surface area contributed by atoms with Gasteiger partial charge in [-0.05, 0) is 38.5 Å². The number of rotatable bonds is 9. The van der Waals surface area contributed by atoms with Crippen LogP contribution in [-0.2, 0) is 40.1 Å². The summed E-state index contributed by atoms with van der Waals surface area (Å²) in [5.74, 6) is -2.47. The van der Waals surface area contributed by atoms with E-state index < -0.39 is 48.6 Å². The summed E-state index contributed by atoms with van der Waals surface area (Å²) in [5, 5.41) is 5.52. The number of amides is 4. The van der Waals surface area contributed by atoms with Crippen LogP contribution in [0.3, 0.4) is 0 Å². The maximum Gasteiger partial charge on any atom is 0.310 e. The Balaban J connectivity index is 1.56. The van der Waals surface area contributed by atoms with Gasteiger partial charge in [-0.25, -0.2) is 0 Å². The third kappa shape index (κ3) is 7.75. The molecule has 0 spiro atoms. The average molecular weight is 589 g/mol. The molecule has 2 aliphatic heterocycles. The number of nitrogens with one attached hydrogen (secondary N) is 2. The zero-order chi connectivity index (χ0) is 31.1. The number of hydrogen-bond donors (Lipinski definition) is 2. The number of hydrogen-bond acceptors (Lipinski definition) is 7. The highest BCUT2D eigenvalue weighted by molar-refractivity contribution is 6.10. The van der Waals surface area contributed by atoms with Crippen LogP contribution >= 0.6 is 0 Å². The highest BCUT2D eigenvalue weighted by Gasteiger charge is 2.40. The van der Waals surface area contributed by atoms with E-state index in [0.717, 1.165) is 11.1 Å². The van der Waals surface area contributed by atoms with Gasteiger partial charge in [0.25, 0.3) is 11.8 Å². The smallest absolute Gasteiger partial charge is 0.310 e. The van der Waals surface area contributed by atoms with Crippen LogP contribution < -0.4 is 20.4 Å². The van der Waals surface area contributed by atoms with Gasteiger partial charge in [0.15, 0.2) is 0 Å². The molecule has 0 aliphatic carbocycles. The quantitative estimate of drug-likeness (QED) is 0.261. The second-order valence-corrected chi connectivity index (χ2v) is 10.6. The van der Waals surface area contributed by atoms with Gasteiger partial charge in [0.1, 0.15) is 18.6 Å². The number of para-hydroxylation sites is 2. The molecule has 3 atom stereocenters. The molecule has 2 N–H and O–H groups in total. The molecule has 0 saturated carbocycles. The number of carbonyl (C=O) groups excluding carboxylic acids is 5. The SMILES string of the molecule is C/C=C(\C=C(C)C)C(=O)N[C@H]1CN(C(C)=O)c2ccccc2N(CC(=O)N[C@H]2CC(=O)OC2OCc2ccccc2)C1=O. The fourth-order valence-corrected chi connectivity index (χ4v) is 4.94. The molecule has 2 heterocycles. The topological polar surface area (TPSA) is 134 Å². The van der Waals surface area contributed by atoms with Crippen LogP contribution in [0.4, 0.5) is 11.4 Å². The van der Waals surface area contributed by atoms with Crippen LogP contribution in [0.1, 0.15) is 39.7 Å². The summed E-state index contributed by atoms with van der Waals surface area (Å²) >= 11 is 0. The zero-order valence-corrected chi connectivity index (χ0v) is 24.7. The van der Waals surface area contributed by atoms with Crippen molar-refractivity contribution in [1.29, 1.82) is 0 Å². The Kier molecular flexibility index (Phi) is 10.1. The maximum absolute atomic E-state index is 13.9. The Hall–Kier alpha value is -4.77. The van der Waals surface area contributed by atoms with E-state index in [9.17, 15) is 24.0 Å². The summed E-state index contributed by atoms with van der Waals surface area (Å²) in [4.78, 5) is 67.9. The van der Waals surface area contributed by atoms with Crippen molar-refractivity contribution in [3.05, 3.63) is 83.5 Å². The molecule has 43 heavy (non-hydrogen) atoms. The average Bonchev–Trinajstić information content (AvgIpc) is 3.28. The van der Waals surface area contributed by atoms with Gasteiger partial charge in [-0.3, -0.25) is 28.9 Å². The first-order valence-corrected chi connectivity index (χ1v) is 14.0. The lowest BCUT2D eigenvalue weighted by molar-refractivity contribution is -0.168. The van der Waals surface area contributed by atoms with Crippen LogP contribution in [0, 0.1) is 0 Å². The molecule has 1 fully saturated rings. The normalized spacial score (nSPS) is 20.1. The van der Waals surface area contributed by atoms with E-state index in [1.165, 1.54) is 16.7 Å². The lowest BCUT2D eigenvalue weighted by Crippen LogP contribution is -2.55. The molecule has 4 amide bonds. The Morgan fingerprint density at radius 3 is 2.30 bits per heavy atom. The first-order valence-electron chi connectivity index (χ1n) is 14.0. The van der Waals surface area contributed by atoms with Crippen molar-refractivity contribution in [1.82, 2.24) is 10.6 Å². The molecule has 2 aromatic rings. The van der Waals surface area contributed by atoms with Crippen LogP contribution in [0.5, 0.6) is 0 Å². The van der Waals surface area contributed by atoms with Gasteiger partial charge in [0, 0.05) is 12.5 Å². The fraction of sp³-hybridized carbons (Fsp3) is 0.344. The van der Waals surface area contributed by atoms with E-state index in [1.54, 1.807) is 43.3 Å².